The second-order valence-corrected chi connectivity index (χ2v) is 9.62. The lowest BCUT2D eigenvalue weighted by Crippen LogP contribution is -2.47. The summed E-state index contributed by atoms with van der Waals surface area (Å²) in [6, 6.07) is 3.43. The van der Waals surface area contributed by atoms with E-state index < -0.39 is 10.0 Å². The quantitative estimate of drug-likeness (QED) is 0.551. The summed E-state index contributed by atoms with van der Waals surface area (Å²) in [7, 11) is -1.88. The summed E-state index contributed by atoms with van der Waals surface area (Å²) in [5.74, 6) is -0.0866. The second-order valence-electron chi connectivity index (χ2n) is 6.46. The van der Waals surface area contributed by atoms with Gasteiger partial charge in [-0.1, -0.05) is 0 Å². The molecule has 1 amide bonds. The summed E-state index contributed by atoms with van der Waals surface area (Å²) in [6.07, 6.45) is 2.39. The van der Waals surface area contributed by atoms with E-state index in [1.165, 1.54) is 18.3 Å². The van der Waals surface area contributed by atoms with E-state index in [4.69, 9.17) is 4.74 Å². The van der Waals surface area contributed by atoms with E-state index in [-0.39, 0.29) is 23.7 Å². The fourth-order valence-corrected chi connectivity index (χ4v) is 5.51. The van der Waals surface area contributed by atoms with Crippen LogP contribution in [0.4, 0.5) is 0 Å². The van der Waals surface area contributed by atoms with Gasteiger partial charge in [-0.25, -0.2) is 13.1 Å². The van der Waals surface area contributed by atoms with Crippen molar-refractivity contribution in [1.82, 2.24) is 15.4 Å². The second kappa shape index (κ2) is 10.6. The molecule has 0 aliphatic carbocycles. The molecule has 0 atom stereocenters. The molecule has 1 aromatic rings. The van der Waals surface area contributed by atoms with Gasteiger partial charge in [0, 0.05) is 37.4 Å². The normalized spacial score (nSPS) is 16.7. The highest BCUT2D eigenvalue weighted by Crippen LogP contribution is 2.29. The zero-order chi connectivity index (χ0) is 18.3. The van der Waals surface area contributed by atoms with Crippen LogP contribution in [-0.4, -0.2) is 54.2 Å². The number of amides is 1. The largest absolute Gasteiger partial charge is 0.384 e. The summed E-state index contributed by atoms with van der Waals surface area (Å²) >= 11 is 1.25. The van der Waals surface area contributed by atoms with Gasteiger partial charge in [0.2, 0.25) is 15.9 Å². The summed E-state index contributed by atoms with van der Waals surface area (Å²) in [4.78, 5) is 11.8. The Balaban J connectivity index is 0.00000338. The van der Waals surface area contributed by atoms with Crippen LogP contribution < -0.4 is 15.4 Å². The zero-order valence-corrected chi connectivity index (χ0v) is 17.6. The minimum atomic E-state index is -3.53. The number of carbonyl (C=O) groups excluding carboxylic acids is 1. The van der Waals surface area contributed by atoms with Gasteiger partial charge in [-0.15, -0.1) is 23.7 Å². The molecule has 0 bridgehead atoms. The number of hydrogen-bond acceptors (Lipinski definition) is 6. The molecule has 7 nitrogen and oxygen atoms in total. The molecule has 1 fully saturated rings. The highest BCUT2D eigenvalue weighted by atomic mass is 35.5. The summed E-state index contributed by atoms with van der Waals surface area (Å²) in [5, 5.41) is 6.01. The maximum Gasteiger partial charge on any atom is 0.250 e. The van der Waals surface area contributed by atoms with Crippen LogP contribution >= 0.6 is 23.7 Å². The molecule has 0 unspecified atom stereocenters. The molecule has 3 N–H and O–H groups in total. The Morgan fingerprint density at radius 2 is 2.04 bits per heavy atom. The monoisotopic (exact) mass is 425 g/mol. The molecule has 0 aromatic carbocycles. The Bertz CT molecular complexity index is 667. The van der Waals surface area contributed by atoms with Gasteiger partial charge in [-0.2, -0.15) is 0 Å². The van der Waals surface area contributed by atoms with Crippen molar-refractivity contribution in [2.75, 3.05) is 39.9 Å². The van der Waals surface area contributed by atoms with E-state index in [1.807, 2.05) is 0 Å². The van der Waals surface area contributed by atoms with Gasteiger partial charge < -0.3 is 15.4 Å². The lowest BCUT2D eigenvalue weighted by atomic mass is 9.80. The topological polar surface area (TPSA) is 96.5 Å². The van der Waals surface area contributed by atoms with Crippen LogP contribution in [0.3, 0.4) is 0 Å². The van der Waals surface area contributed by atoms with Crippen LogP contribution in [0.1, 0.15) is 24.6 Å². The van der Waals surface area contributed by atoms with Crippen molar-refractivity contribution in [3.8, 4) is 0 Å². The van der Waals surface area contributed by atoms with Crippen LogP contribution in [0.25, 0.3) is 0 Å². The summed E-state index contributed by atoms with van der Waals surface area (Å²) in [5.41, 5.74) is -0.154. The highest BCUT2D eigenvalue weighted by Gasteiger charge is 2.33. The number of hydrogen-bond donors (Lipinski definition) is 3. The van der Waals surface area contributed by atoms with Crippen LogP contribution in [0.2, 0.25) is 0 Å². The Labute approximate surface area is 165 Å². The molecular formula is C16H28ClN3O4S2. The molecule has 0 saturated carbocycles. The predicted molar refractivity (Wildman–Crippen MR) is 106 cm³/mol. The maximum atomic E-state index is 12.6. The zero-order valence-electron chi connectivity index (χ0n) is 15.2. The SMILES string of the molecule is COCC1(CNS(=O)(=O)c2ccc(CCNC(C)=O)s2)CCNCC1.Cl. The third kappa shape index (κ3) is 6.79. The van der Waals surface area contributed by atoms with Crippen LogP contribution in [0, 0.1) is 5.41 Å². The molecule has 1 aliphatic heterocycles. The highest BCUT2D eigenvalue weighted by molar-refractivity contribution is 7.91. The molecular weight excluding hydrogens is 398 g/mol. The van der Waals surface area contributed by atoms with Gasteiger partial charge in [0.25, 0.3) is 0 Å². The van der Waals surface area contributed by atoms with E-state index >= 15 is 0 Å². The van der Waals surface area contributed by atoms with Gasteiger partial charge in [0.1, 0.15) is 4.21 Å². The Morgan fingerprint density at radius 3 is 2.65 bits per heavy atom. The van der Waals surface area contributed by atoms with Crippen LogP contribution in [0.15, 0.2) is 16.3 Å². The molecule has 1 aliphatic rings. The lowest BCUT2D eigenvalue weighted by Gasteiger charge is -2.37. The van der Waals surface area contributed by atoms with Crippen molar-refractivity contribution in [3.63, 3.8) is 0 Å². The number of halogens is 1. The molecule has 2 heterocycles. The maximum absolute atomic E-state index is 12.6. The Hall–Kier alpha value is -0.710. The van der Waals surface area contributed by atoms with Crippen molar-refractivity contribution in [2.45, 2.75) is 30.4 Å². The summed E-state index contributed by atoms with van der Waals surface area (Å²) < 4.78 is 33.6. The number of methoxy groups -OCH3 is 1. The van der Waals surface area contributed by atoms with E-state index in [1.54, 1.807) is 19.2 Å². The molecule has 150 valence electrons. The third-order valence-electron chi connectivity index (χ3n) is 4.40. The first-order chi connectivity index (χ1) is 11.9. The fraction of sp³-hybridized carbons (Fsp3) is 0.688. The van der Waals surface area contributed by atoms with Gasteiger partial charge >= 0.3 is 0 Å². The molecule has 0 spiro atoms. The molecule has 0 radical (unpaired) electrons. The third-order valence-corrected chi connectivity index (χ3v) is 7.44. The summed E-state index contributed by atoms with van der Waals surface area (Å²) in [6.45, 7) is 4.64. The van der Waals surface area contributed by atoms with Gasteiger partial charge in [0.05, 0.1) is 6.61 Å². The van der Waals surface area contributed by atoms with Crippen LogP contribution in [0.5, 0.6) is 0 Å². The van der Waals surface area contributed by atoms with Gasteiger partial charge in [-0.3, -0.25) is 4.79 Å². The molecule has 1 saturated heterocycles. The van der Waals surface area contributed by atoms with Crippen molar-refractivity contribution >= 4 is 39.7 Å². The van der Waals surface area contributed by atoms with Crippen molar-refractivity contribution < 1.29 is 17.9 Å². The average Bonchev–Trinajstić information content (AvgIpc) is 3.04. The number of nitrogens with one attached hydrogen (secondary N) is 3. The molecule has 26 heavy (non-hydrogen) atoms. The van der Waals surface area contributed by atoms with Gasteiger partial charge in [0.15, 0.2) is 0 Å². The minimum absolute atomic E-state index is 0. The first kappa shape index (κ1) is 23.3. The first-order valence-corrected chi connectivity index (χ1v) is 10.7. The Kier molecular flexibility index (Phi) is 9.49. The van der Waals surface area contributed by atoms with Crippen molar-refractivity contribution in [1.29, 1.82) is 0 Å². The van der Waals surface area contributed by atoms with E-state index in [2.05, 4.69) is 15.4 Å². The number of carbonyl (C=O) groups is 1. The fourth-order valence-electron chi connectivity index (χ4n) is 2.95. The standard InChI is InChI=1S/C16H27N3O4S2.ClH/c1-13(20)18-8-5-14-3-4-15(24-14)25(21,22)19-11-16(12-23-2)6-9-17-10-7-16;/h3-4,17,19H,5-12H2,1-2H3,(H,18,20);1H. The molecule has 10 heteroatoms. The molecule has 2 rings (SSSR count). The Morgan fingerprint density at radius 1 is 1.35 bits per heavy atom. The predicted octanol–water partition coefficient (Wildman–Crippen LogP) is 1.14. The van der Waals surface area contributed by atoms with Gasteiger partial charge in [-0.05, 0) is 44.5 Å². The minimum Gasteiger partial charge on any atom is -0.384 e. The van der Waals surface area contributed by atoms with Crippen molar-refractivity contribution in [2.24, 2.45) is 5.41 Å². The van der Waals surface area contributed by atoms with Crippen LogP contribution in [-0.2, 0) is 26.0 Å². The number of thiophene rings is 1. The van der Waals surface area contributed by atoms with Crippen molar-refractivity contribution in [3.05, 3.63) is 17.0 Å². The van der Waals surface area contributed by atoms with E-state index in [0.717, 1.165) is 30.8 Å². The average molecular weight is 426 g/mol. The number of rotatable bonds is 9. The number of piperidine rings is 1. The first-order valence-electron chi connectivity index (χ1n) is 8.39. The number of sulfonamides is 1. The smallest absolute Gasteiger partial charge is 0.250 e. The van der Waals surface area contributed by atoms with E-state index in [9.17, 15) is 13.2 Å². The molecule has 1 aromatic heterocycles. The number of ether oxygens (including phenoxy) is 1. The van der Waals surface area contributed by atoms with E-state index in [0.29, 0.717) is 30.3 Å². The lowest BCUT2D eigenvalue weighted by molar-refractivity contribution is -0.118.